The number of imidazole rings is 1. The highest BCUT2D eigenvalue weighted by atomic mass is 15.1. The Morgan fingerprint density at radius 2 is 1.81 bits per heavy atom. The van der Waals surface area contributed by atoms with Crippen molar-refractivity contribution in [2.45, 2.75) is 47.7 Å². The topological polar surface area (TPSA) is 29.9 Å². The van der Waals surface area contributed by atoms with Crippen molar-refractivity contribution in [2.24, 2.45) is 5.92 Å². The van der Waals surface area contributed by atoms with Gasteiger partial charge in [-0.3, -0.25) is 0 Å². The molecule has 0 saturated heterocycles. The molecule has 0 radical (unpaired) electrons. The van der Waals surface area contributed by atoms with Crippen molar-refractivity contribution in [1.29, 1.82) is 0 Å². The van der Waals surface area contributed by atoms with Gasteiger partial charge in [-0.1, -0.05) is 31.5 Å². The van der Waals surface area contributed by atoms with E-state index in [9.17, 15) is 0 Å². The summed E-state index contributed by atoms with van der Waals surface area (Å²) in [4.78, 5) is 4.49. The van der Waals surface area contributed by atoms with E-state index < -0.39 is 0 Å². The quantitative estimate of drug-likeness (QED) is 0.879. The average Bonchev–Trinajstić information content (AvgIpc) is 2.80. The van der Waals surface area contributed by atoms with E-state index in [4.69, 9.17) is 0 Å². The maximum absolute atomic E-state index is 4.49. The number of aromatic nitrogens is 2. The summed E-state index contributed by atoms with van der Waals surface area (Å²) in [5.41, 5.74) is 5.46. The maximum Gasteiger partial charge on any atom is 0.122 e. The SMILES string of the molecule is Cc1cc(C)c(Cn2ccnc2CNCC(C)C)c(C)c1. The second kappa shape index (κ2) is 6.90. The molecular weight excluding hydrogens is 258 g/mol. The van der Waals surface area contributed by atoms with E-state index in [-0.39, 0.29) is 0 Å². The fourth-order valence-electron chi connectivity index (χ4n) is 2.75. The molecule has 114 valence electrons. The molecule has 3 heteroatoms. The predicted molar refractivity (Wildman–Crippen MR) is 88.5 cm³/mol. The fourth-order valence-corrected chi connectivity index (χ4v) is 2.75. The van der Waals surface area contributed by atoms with E-state index >= 15 is 0 Å². The smallest absolute Gasteiger partial charge is 0.122 e. The second-order valence-electron chi connectivity index (χ2n) is 6.37. The molecule has 1 heterocycles. The van der Waals surface area contributed by atoms with Gasteiger partial charge in [0.05, 0.1) is 6.54 Å². The third-order valence-corrected chi connectivity index (χ3v) is 3.81. The van der Waals surface area contributed by atoms with Gasteiger partial charge in [0.15, 0.2) is 0 Å². The van der Waals surface area contributed by atoms with Crippen LogP contribution in [0.5, 0.6) is 0 Å². The highest BCUT2D eigenvalue weighted by molar-refractivity contribution is 5.37. The summed E-state index contributed by atoms with van der Waals surface area (Å²) in [7, 11) is 0. The molecule has 21 heavy (non-hydrogen) atoms. The molecule has 0 saturated carbocycles. The van der Waals surface area contributed by atoms with Crippen LogP contribution < -0.4 is 5.32 Å². The zero-order chi connectivity index (χ0) is 15.4. The van der Waals surface area contributed by atoms with Gasteiger partial charge in [-0.05, 0) is 49.9 Å². The Hall–Kier alpha value is -1.61. The summed E-state index contributed by atoms with van der Waals surface area (Å²) in [6, 6.07) is 4.52. The number of rotatable bonds is 6. The molecule has 0 aliphatic rings. The van der Waals surface area contributed by atoms with Crippen LogP contribution in [0.3, 0.4) is 0 Å². The molecule has 2 rings (SSSR count). The molecule has 1 aromatic heterocycles. The first-order valence-electron chi connectivity index (χ1n) is 7.75. The standard InChI is InChI=1S/C18H27N3/c1-13(2)10-19-11-18-20-6-7-21(18)12-17-15(4)8-14(3)9-16(17)5/h6-9,13,19H,10-12H2,1-5H3. The van der Waals surface area contributed by atoms with Crippen LogP contribution >= 0.6 is 0 Å². The van der Waals surface area contributed by atoms with Crippen LogP contribution in [0.4, 0.5) is 0 Å². The first-order valence-corrected chi connectivity index (χ1v) is 7.75. The Morgan fingerprint density at radius 1 is 1.14 bits per heavy atom. The summed E-state index contributed by atoms with van der Waals surface area (Å²) < 4.78 is 2.25. The number of hydrogen-bond donors (Lipinski definition) is 1. The van der Waals surface area contributed by atoms with Crippen molar-refractivity contribution in [2.75, 3.05) is 6.54 Å². The van der Waals surface area contributed by atoms with Gasteiger partial charge in [-0.2, -0.15) is 0 Å². The molecule has 0 fully saturated rings. The molecule has 0 aliphatic heterocycles. The van der Waals surface area contributed by atoms with E-state index in [0.717, 1.165) is 25.5 Å². The van der Waals surface area contributed by atoms with E-state index in [1.165, 1.54) is 22.3 Å². The highest BCUT2D eigenvalue weighted by Crippen LogP contribution is 2.18. The van der Waals surface area contributed by atoms with Gasteiger partial charge in [0.25, 0.3) is 0 Å². The van der Waals surface area contributed by atoms with Crippen molar-refractivity contribution in [3.05, 3.63) is 52.6 Å². The van der Waals surface area contributed by atoms with Crippen LogP contribution in [-0.4, -0.2) is 16.1 Å². The summed E-state index contributed by atoms with van der Waals surface area (Å²) >= 11 is 0. The number of benzene rings is 1. The van der Waals surface area contributed by atoms with Gasteiger partial charge in [0, 0.05) is 18.9 Å². The van der Waals surface area contributed by atoms with E-state index in [1.807, 2.05) is 6.20 Å². The van der Waals surface area contributed by atoms with Gasteiger partial charge in [0.1, 0.15) is 5.82 Å². The van der Waals surface area contributed by atoms with Crippen molar-refractivity contribution in [1.82, 2.24) is 14.9 Å². The molecule has 1 N–H and O–H groups in total. The molecule has 0 atom stereocenters. The minimum absolute atomic E-state index is 0.662. The normalized spacial score (nSPS) is 11.3. The van der Waals surface area contributed by atoms with Crippen LogP contribution in [0.25, 0.3) is 0 Å². The molecule has 0 amide bonds. The lowest BCUT2D eigenvalue weighted by Gasteiger charge is -2.14. The minimum Gasteiger partial charge on any atom is -0.329 e. The Kier molecular flexibility index (Phi) is 5.18. The molecule has 0 bridgehead atoms. The van der Waals surface area contributed by atoms with Gasteiger partial charge in [-0.15, -0.1) is 0 Å². The Morgan fingerprint density at radius 3 is 2.43 bits per heavy atom. The monoisotopic (exact) mass is 285 g/mol. The lowest BCUT2D eigenvalue weighted by Crippen LogP contribution is -2.21. The average molecular weight is 285 g/mol. The molecule has 1 aromatic carbocycles. The number of hydrogen-bond acceptors (Lipinski definition) is 2. The maximum atomic E-state index is 4.49. The summed E-state index contributed by atoms with van der Waals surface area (Å²) in [6.45, 7) is 13.7. The van der Waals surface area contributed by atoms with Crippen LogP contribution in [0, 0.1) is 26.7 Å². The van der Waals surface area contributed by atoms with Gasteiger partial charge >= 0.3 is 0 Å². The molecule has 3 nitrogen and oxygen atoms in total. The molecule has 0 spiro atoms. The van der Waals surface area contributed by atoms with Crippen molar-refractivity contribution in [3.63, 3.8) is 0 Å². The Balaban J connectivity index is 2.12. The van der Waals surface area contributed by atoms with Gasteiger partial charge in [-0.25, -0.2) is 4.98 Å². The van der Waals surface area contributed by atoms with Crippen LogP contribution in [0.2, 0.25) is 0 Å². The third kappa shape index (κ3) is 4.18. The van der Waals surface area contributed by atoms with Crippen molar-refractivity contribution < 1.29 is 0 Å². The molecule has 0 aliphatic carbocycles. The number of aryl methyl sites for hydroxylation is 3. The molecule has 0 unspecified atom stereocenters. The van der Waals surface area contributed by atoms with Crippen molar-refractivity contribution >= 4 is 0 Å². The van der Waals surface area contributed by atoms with Crippen LogP contribution in [0.15, 0.2) is 24.5 Å². The fraction of sp³-hybridized carbons (Fsp3) is 0.500. The zero-order valence-electron chi connectivity index (χ0n) is 13.9. The minimum atomic E-state index is 0.662. The highest BCUT2D eigenvalue weighted by Gasteiger charge is 2.08. The lowest BCUT2D eigenvalue weighted by atomic mass is 10.00. The van der Waals surface area contributed by atoms with E-state index in [0.29, 0.717) is 5.92 Å². The predicted octanol–water partition coefficient (Wildman–Crippen LogP) is 3.60. The second-order valence-corrected chi connectivity index (χ2v) is 6.37. The van der Waals surface area contributed by atoms with Gasteiger partial charge < -0.3 is 9.88 Å². The zero-order valence-corrected chi connectivity index (χ0v) is 13.9. The Labute approximate surface area is 128 Å². The first kappa shape index (κ1) is 15.8. The van der Waals surface area contributed by atoms with E-state index in [1.54, 1.807) is 0 Å². The summed E-state index contributed by atoms with van der Waals surface area (Å²) in [6.07, 6.45) is 3.97. The first-order chi connectivity index (χ1) is 9.97. The van der Waals surface area contributed by atoms with Crippen LogP contribution in [0.1, 0.15) is 41.9 Å². The van der Waals surface area contributed by atoms with Gasteiger partial charge in [0.2, 0.25) is 0 Å². The van der Waals surface area contributed by atoms with Crippen LogP contribution in [-0.2, 0) is 13.1 Å². The van der Waals surface area contributed by atoms with Crippen molar-refractivity contribution in [3.8, 4) is 0 Å². The number of nitrogens with one attached hydrogen (secondary N) is 1. The molecule has 2 aromatic rings. The largest absolute Gasteiger partial charge is 0.329 e. The number of nitrogens with zero attached hydrogens (tertiary/aromatic N) is 2. The molecular formula is C18H27N3. The summed E-state index contributed by atoms with van der Waals surface area (Å²) in [5, 5.41) is 3.47. The lowest BCUT2D eigenvalue weighted by molar-refractivity contribution is 0.532. The Bertz CT molecular complexity index is 573. The summed E-state index contributed by atoms with van der Waals surface area (Å²) in [5.74, 6) is 1.77. The third-order valence-electron chi connectivity index (χ3n) is 3.81. The van der Waals surface area contributed by atoms with E-state index in [2.05, 4.69) is 67.8 Å².